The first kappa shape index (κ1) is 12.9. The molecule has 1 aliphatic rings. The number of amides is 1. The molecule has 0 N–H and O–H groups in total. The topological polar surface area (TPSA) is 37.4 Å². The minimum Gasteiger partial charge on any atom is -0.331 e. The molecule has 1 rings (SSSR count). The Labute approximate surface area is 101 Å². The summed E-state index contributed by atoms with van der Waals surface area (Å²) in [5, 5.41) is -0.215. The number of likely N-dealkylation sites (tertiary alicyclic amines) is 1. The van der Waals surface area contributed by atoms with E-state index in [0.717, 1.165) is 0 Å². The van der Waals surface area contributed by atoms with Crippen molar-refractivity contribution < 1.29 is 9.59 Å². The monoisotopic (exact) mass is 247 g/mol. The van der Waals surface area contributed by atoms with Crippen LogP contribution in [0.1, 0.15) is 26.7 Å². The fourth-order valence-electron chi connectivity index (χ4n) is 1.99. The van der Waals surface area contributed by atoms with Crippen LogP contribution in [-0.4, -0.2) is 34.3 Å². The van der Waals surface area contributed by atoms with Crippen molar-refractivity contribution in [3.8, 4) is 0 Å². The average Bonchev–Trinajstić information content (AvgIpc) is 2.42. The lowest BCUT2D eigenvalue weighted by atomic mass is 9.91. The Hall–Kier alpha value is -0.160. The molecule has 0 radical (unpaired) electrons. The number of carbonyl (C=O) groups is 2. The molecule has 0 saturated carbocycles. The molecule has 3 nitrogen and oxygen atoms in total. The van der Waals surface area contributed by atoms with Crippen LogP contribution in [-0.2, 0) is 9.59 Å². The first-order valence-corrected chi connectivity index (χ1v) is 6.08. The van der Waals surface area contributed by atoms with E-state index in [1.165, 1.54) is 0 Å². The maximum absolute atomic E-state index is 11.7. The van der Waals surface area contributed by atoms with E-state index >= 15 is 0 Å². The molecule has 0 spiro atoms. The van der Waals surface area contributed by atoms with E-state index in [9.17, 15) is 9.59 Å². The van der Waals surface area contributed by atoms with Gasteiger partial charge >= 0.3 is 0 Å². The molecule has 0 aliphatic carbocycles. The van der Waals surface area contributed by atoms with E-state index in [4.69, 9.17) is 0 Å². The highest BCUT2D eigenvalue weighted by atomic mass is 32.1. The Balaban J connectivity index is 2.77. The number of hydrogen-bond donors (Lipinski definition) is 2. The van der Waals surface area contributed by atoms with Gasteiger partial charge in [0, 0.05) is 13.0 Å². The van der Waals surface area contributed by atoms with Gasteiger partial charge in [-0.15, -0.1) is 12.6 Å². The van der Waals surface area contributed by atoms with Crippen LogP contribution >= 0.6 is 25.3 Å². The summed E-state index contributed by atoms with van der Waals surface area (Å²) in [7, 11) is 0. The van der Waals surface area contributed by atoms with Crippen molar-refractivity contribution in [2.45, 2.75) is 32.7 Å². The van der Waals surface area contributed by atoms with E-state index in [1.54, 1.807) is 4.90 Å². The minimum atomic E-state index is -0.351. The molecule has 86 valence electrons. The second kappa shape index (κ2) is 4.78. The van der Waals surface area contributed by atoms with Crippen molar-refractivity contribution in [1.82, 2.24) is 4.90 Å². The third-order valence-corrected chi connectivity index (χ3v) is 3.17. The quantitative estimate of drug-likeness (QED) is 0.740. The van der Waals surface area contributed by atoms with E-state index < -0.39 is 0 Å². The lowest BCUT2D eigenvalue weighted by Gasteiger charge is -2.22. The third-order valence-electron chi connectivity index (χ3n) is 2.65. The SMILES string of the molecule is CC1(C)C[C@@H](C(=O)S)N(C(=O)CCS)C1. The smallest absolute Gasteiger partial charge is 0.224 e. The Morgan fingerprint density at radius 2 is 2.07 bits per heavy atom. The largest absolute Gasteiger partial charge is 0.331 e. The van der Waals surface area contributed by atoms with Crippen molar-refractivity contribution in [3.05, 3.63) is 0 Å². The molecule has 1 amide bonds. The first-order chi connectivity index (χ1) is 6.87. The zero-order chi connectivity index (χ0) is 11.6. The van der Waals surface area contributed by atoms with Gasteiger partial charge in [-0.05, 0) is 17.6 Å². The van der Waals surface area contributed by atoms with E-state index in [2.05, 4.69) is 39.1 Å². The average molecular weight is 247 g/mol. The molecule has 0 aromatic heterocycles. The predicted molar refractivity (Wildman–Crippen MR) is 66.4 cm³/mol. The second-order valence-electron chi connectivity index (χ2n) is 4.72. The molecule has 1 saturated heterocycles. The molecule has 1 atom stereocenters. The number of nitrogens with zero attached hydrogens (tertiary/aromatic N) is 1. The molecule has 1 aliphatic heterocycles. The predicted octanol–water partition coefficient (Wildman–Crippen LogP) is 1.39. The maximum atomic E-state index is 11.7. The minimum absolute atomic E-state index is 0.00275. The van der Waals surface area contributed by atoms with Gasteiger partial charge in [-0.1, -0.05) is 13.8 Å². The molecule has 5 heteroatoms. The highest BCUT2D eigenvalue weighted by molar-refractivity contribution is 7.96. The summed E-state index contributed by atoms with van der Waals surface area (Å²) < 4.78 is 0. The molecule has 15 heavy (non-hydrogen) atoms. The highest BCUT2D eigenvalue weighted by Crippen LogP contribution is 2.35. The number of carbonyl (C=O) groups excluding carboxylic acids is 2. The Morgan fingerprint density at radius 3 is 2.53 bits per heavy atom. The van der Waals surface area contributed by atoms with Gasteiger partial charge < -0.3 is 4.90 Å². The number of rotatable bonds is 3. The fraction of sp³-hybridized carbons (Fsp3) is 0.800. The summed E-state index contributed by atoms with van der Waals surface area (Å²) in [5.41, 5.74) is 0.00924. The van der Waals surface area contributed by atoms with Crippen molar-refractivity contribution in [2.24, 2.45) is 5.41 Å². The first-order valence-electron chi connectivity index (χ1n) is 5.00. The molecule has 0 unspecified atom stereocenters. The van der Waals surface area contributed by atoms with Crippen LogP contribution in [0.4, 0.5) is 0 Å². The van der Waals surface area contributed by atoms with Crippen LogP contribution in [0.2, 0.25) is 0 Å². The summed E-state index contributed by atoms with van der Waals surface area (Å²) in [6, 6.07) is -0.351. The number of thiol groups is 2. The van der Waals surface area contributed by atoms with E-state index in [1.807, 2.05) is 0 Å². The molecular formula is C10H17NO2S2. The normalized spacial score (nSPS) is 24.3. The lowest BCUT2D eigenvalue weighted by molar-refractivity contribution is -0.134. The molecular weight excluding hydrogens is 230 g/mol. The molecule has 1 heterocycles. The second-order valence-corrected chi connectivity index (χ2v) is 5.61. The van der Waals surface area contributed by atoms with Crippen molar-refractivity contribution in [3.63, 3.8) is 0 Å². The number of hydrogen-bond acceptors (Lipinski definition) is 3. The standard InChI is InChI=1S/C10H17NO2S2/c1-10(2)5-7(9(13)15)11(6-10)8(12)3-4-14/h7,14H,3-6H2,1-2H3,(H,13,15)/t7-/m0/s1. The van der Waals surface area contributed by atoms with Crippen molar-refractivity contribution >= 4 is 36.3 Å². The van der Waals surface area contributed by atoms with Crippen LogP contribution in [0, 0.1) is 5.41 Å². The van der Waals surface area contributed by atoms with Crippen LogP contribution in [0.25, 0.3) is 0 Å². The van der Waals surface area contributed by atoms with Crippen molar-refractivity contribution in [1.29, 1.82) is 0 Å². The molecule has 0 bridgehead atoms. The van der Waals surface area contributed by atoms with Gasteiger partial charge in [-0.2, -0.15) is 12.6 Å². The Kier molecular flexibility index (Phi) is 4.12. The maximum Gasteiger partial charge on any atom is 0.224 e. The highest BCUT2D eigenvalue weighted by Gasteiger charge is 2.42. The summed E-state index contributed by atoms with van der Waals surface area (Å²) in [5.74, 6) is 0.520. The summed E-state index contributed by atoms with van der Waals surface area (Å²) in [6.45, 7) is 4.76. The van der Waals surface area contributed by atoms with Gasteiger partial charge in [0.25, 0.3) is 0 Å². The van der Waals surface area contributed by atoms with Gasteiger partial charge in [0.15, 0.2) is 0 Å². The third kappa shape index (κ3) is 3.14. The van der Waals surface area contributed by atoms with Crippen LogP contribution in [0.5, 0.6) is 0 Å². The molecule has 0 aromatic carbocycles. The van der Waals surface area contributed by atoms with E-state index in [-0.39, 0.29) is 22.5 Å². The van der Waals surface area contributed by atoms with Gasteiger partial charge in [0.2, 0.25) is 11.0 Å². The van der Waals surface area contributed by atoms with Gasteiger partial charge in [0.1, 0.15) is 6.04 Å². The molecule has 0 aromatic rings. The summed E-state index contributed by atoms with van der Waals surface area (Å²) in [6.07, 6.45) is 1.09. The molecule has 1 fully saturated rings. The summed E-state index contributed by atoms with van der Waals surface area (Å²) in [4.78, 5) is 24.7. The van der Waals surface area contributed by atoms with Gasteiger partial charge in [-0.25, -0.2) is 0 Å². The Morgan fingerprint density at radius 1 is 1.47 bits per heavy atom. The van der Waals surface area contributed by atoms with Crippen LogP contribution in [0.3, 0.4) is 0 Å². The van der Waals surface area contributed by atoms with Crippen LogP contribution < -0.4 is 0 Å². The van der Waals surface area contributed by atoms with Gasteiger partial charge in [-0.3, -0.25) is 9.59 Å². The fourth-order valence-corrected chi connectivity index (χ4v) is 2.41. The zero-order valence-electron chi connectivity index (χ0n) is 9.06. The van der Waals surface area contributed by atoms with E-state index in [0.29, 0.717) is 25.1 Å². The van der Waals surface area contributed by atoms with Crippen LogP contribution in [0.15, 0.2) is 0 Å². The lowest BCUT2D eigenvalue weighted by Crippen LogP contribution is -2.39. The zero-order valence-corrected chi connectivity index (χ0v) is 10.9. The van der Waals surface area contributed by atoms with Crippen molar-refractivity contribution in [2.75, 3.05) is 12.3 Å². The Bertz CT molecular complexity index is 279. The van der Waals surface area contributed by atoms with Gasteiger partial charge in [0.05, 0.1) is 0 Å². The summed E-state index contributed by atoms with van der Waals surface area (Å²) >= 11 is 7.87.